The highest BCUT2D eigenvalue weighted by Crippen LogP contribution is 2.36. The number of halogens is 1. The first-order chi connectivity index (χ1) is 23.3. The maximum absolute atomic E-state index is 15.6. The van der Waals surface area contributed by atoms with E-state index in [9.17, 15) is 9.59 Å². The number of aromatic nitrogens is 2. The molecule has 250 valence electrons. The van der Waals surface area contributed by atoms with E-state index in [-0.39, 0.29) is 29.7 Å². The molecule has 2 atom stereocenters. The van der Waals surface area contributed by atoms with Gasteiger partial charge in [0.2, 0.25) is 17.7 Å². The largest absolute Gasteiger partial charge is 0.481 e. The summed E-state index contributed by atoms with van der Waals surface area (Å²) in [5, 5.41) is 15.8. The molecule has 48 heavy (non-hydrogen) atoms. The summed E-state index contributed by atoms with van der Waals surface area (Å²) in [6.45, 7) is 6.29. The van der Waals surface area contributed by atoms with Gasteiger partial charge in [0.05, 0.1) is 12.8 Å². The molecule has 2 fully saturated rings. The lowest BCUT2D eigenvalue weighted by Gasteiger charge is -2.18. The molecule has 0 unspecified atom stereocenters. The van der Waals surface area contributed by atoms with Gasteiger partial charge in [0.15, 0.2) is 11.6 Å². The highest BCUT2D eigenvalue weighted by Gasteiger charge is 2.22. The van der Waals surface area contributed by atoms with E-state index in [4.69, 9.17) is 9.72 Å². The van der Waals surface area contributed by atoms with Gasteiger partial charge in [-0.1, -0.05) is 36.4 Å². The Morgan fingerprint density at radius 2 is 1.44 bits per heavy atom. The van der Waals surface area contributed by atoms with Crippen molar-refractivity contribution < 1.29 is 18.7 Å². The smallest absolute Gasteiger partial charge is 0.220 e. The van der Waals surface area contributed by atoms with Crippen molar-refractivity contribution in [3.05, 3.63) is 88.9 Å². The number of pyridine rings is 2. The Morgan fingerprint density at radius 3 is 2.08 bits per heavy atom. The maximum atomic E-state index is 15.6. The van der Waals surface area contributed by atoms with Crippen LogP contribution < -0.4 is 31.3 Å². The van der Waals surface area contributed by atoms with Crippen LogP contribution in [-0.4, -0.2) is 54.1 Å². The molecule has 6 rings (SSSR count). The molecular weight excluding hydrogens is 609 g/mol. The zero-order chi connectivity index (χ0) is 33.6. The number of ether oxygens (including phenoxy) is 1. The van der Waals surface area contributed by atoms with Crippen LogP contribution in [0.25, 0.3) is 22.4 Å². The van der Waals surface area contributed by atoms with Crippen molar-refractivity contribution in [2.45, 2.75) is 64.7 Å². The summed E-state index contributed by atoms with van der Waals surface area (Å²) >= 11 is 0. The fourth-order valence-corrected chi connectivity index (χ4v) is 6.46. The number of nitrogens with one attached hydrogen (secondary N) is 5. The minimum Gasteiger partial charge on any atom is -0.481 e. The maximum Gasteiger partial charge on any atom is 0.220 e. The number of rotatable bonds is 13. The number of anilines is 2. The van der Waals surface area contributed by atoms with Gasteiger partial charge in [-0.2, -0.15) is 0 Å². The number of carbonyl (C=O) groups excluding carboxylic acids is 2. The summed E-state index contributed by atoms with van der Waals surface area (Å²) in [6.07, 6.45) is 4.35. The van der Waals surface area contributed by atoms with E-state index < -0.39 is 5.82 Å². The molecule has 10 nitrogen and oxygen atoms in total. The molecule has 0 saturated carbocycles. The normalized spacial score (nSPS) is 17.3. The Morgan fingerprint density at radius 1 is 0.812 bits per heavy atom. The Kier molecular flexibility index (Phi) is 10.3. The Bertz CT molecular complexity index is 1810. The molecule has 4 aromatic rings. The van der Waals surface area contributed by atoms with Crippen molar-refractivity contribution in [1.29, 1.82) is 0 Å². The molecule has 2 saturated heterocycles. The van der Waals surface area contributed by atoms with E-state index in [0.29, 0.717) is 50.5 Å². The van der Waals surface area contributed by atoms with E-state index in [1.165, 1.54) is 0 Å². The lowest BCUT2D eigenvalue weighted by atomic mass is 9.91. The second-order valence-electron chi connectivity index (χ2n) is 12.4. The molecule has 2 aliphatic heterocycles. The van der Waals surface area contributed by atoms with Crippen LogP contribution in [0, 0.1) is 19.7 Å². The van der Waals surface area contributed by atoms with Crippen molar-refractivity contribution >= 4 is 23.3 Å². The van der Waals surface area contributed by atoms with Crippen molar-refractivity contribution in [3.63, 3.8) is 0 Å². The molecule has 11 heteroatoms. The molecule has 0 radical (unpaired) electrons. The number of carbonyl (C=O) groups is 2. The molecule has 0 bridgehead atoms. The van der Waals surface area contributed by atoms with Gasteiger partial charge in [-0.05, 0) is 67.1 Å². The first-order valence-corrected chi connectivity index (χ1v) is 16.4. The van der Waals surface area contributed by atoms with Gasteiger partial charge < -0.3 is 31.3 Å². The second kappa shape index (κ2) is 14.9. The van der Waals surface area contributed by atoms with Crippen LogP contribution in [0.3, 0.4) is 0 Å². The van der Waals surface area contributed by atoms with Gasteiger partial charge in [0.25, 0.3) is 0 Å². The predicted octanol–water partition coefficient (Wildman–Crippen LogP) is 5.06. The van der Waals surface area contributed by atoms with Crippen LogP contribution in [0.5, 0.6) is 5.88 Å². The van der Waals surface area contributed by atoms with E-state index in [2.05, 4.69) is 56.7 Å². The van der Waals surface area contributed by atoms with Gasteiger partial charge in [0, 0.05) is 79.7 Å². The van der Waals surface area contributed by atoms with Crippen LogP contribution in [-0.2, 0) is 22.7 Å². The number of hydrogen-bond acceptors (Lipinski definition) is 8. The fraction of sp³-hybridized carbons (Fsp3) is 0.351. The molecule has 0 spiro atoms. The Balaban J connectivity index is 1.17. The van der Waals surface area contributed by atoms with E-state index in [1.54, 1.807) is 19.4 Å². The van der Waals surface area contributed by atoms with Crippen LogP contribution >= 0.6 is 0 Å². The topological polar surface area (TPSA) is 129 Å². The summed E-state index contributed by atoms with van der Waals surface area (Å²) in [4.78, 5) is 32.1. The summed E-state index contributed by atoms with van der Waals surface area (Å²) < 4.78 is 21.2. The third-order valence-electron chi connectivity index (χ3n) is 9.17. The highest BCUT2D eigenvalue weighted by molar-refractivity contribution is 5.82. The van der Waals surface area contributed by atoms with Gasteiger partial charge in [-0.25, -0.2) is 14.4 Å². The van der Waals surface area contributed by atoms with Crippen molar-refractivity contribution in [2.24, 2.45) is 0 Å². The van der Waals surface area contributed by atoms with E-state index in [1.807, 2.05) is 37.3 Å². The number of hydrogen-bond donors (Lipinski definition) is 5. The molecule has 2 aliphatic rings. The van der Waals surface area contributed by atoms with Crippen molar-refractivity contribution in [2.75, 3.05) is 25.5 Å². The lowest BCUT2D eigenvalue weighted by Crippen LogP contribution is -2.35. The predicted molar refractivity (Wildman–Crippen MR) is 184 cm³/mol. The number of methoxy groups -OCH3 is 1. The van der Waals surface area contributed by atoms with E-state index >= 15 is 4.39 Å². The molecule has 5 N–H and O–H groups in total. The summed E-state index contributed by atoms with van der Waals surface area (Å²) in [5.74, 6) is 0.474. The average molecular weight is 652 g/mol. The van der Waals surface area contributed by atoms with Crippen LogP contribution in [0.4, 0.5) is 15.9 Å². The zero-order valence-corrected chi connectivity index (χ0v) is 27.6. The van der Waals surface area contributed by atoms with Crippen LogP contribution in [0.15, 0.2) is 60.8 Å². The van der Waals surface area contributed by atoms with Gasteiger partial charge >= 0.3 is 0 Å². The van der Waals surface area contributed by atoms with Crippen molar-refractivity contribution in [1.82, 2.24) is 31.2 Å². The third-order valence-corrected chi connectivity index (χ3v) is 9.17. The van der Waals surface area contributed by atoms with Crippen LogP contribution in [0.2, 0.25) is 0 Å². The third kappa shape index (κ3) is 7.48. The van der Waals surface area contributed by atoms with Crippen LogP contribution in [0.1, 0.15) is 47.9 Å². The average Bonchev–Trinajstić information content (AvgIpc) is 3.70. The SMILES string of the molecule is COc1nc(-c2cccc(-c3cccc(Nc4nccc(CNC[C@@H]5CCC(=O)N5)c4F)c3C)c2C)ccc1CNC[C@@H]1CCC(=O)N1. The first kappa shape index (κ1) is 33.0. The minimum absolute atomic E-state index is 0.0616. The highest BCUT2D eigenvalue weighted by atomic mass is 19.1. The summed E-state index contributed by atoms with van der Waals surface area (Å²) in [7, 11) is 1.62. The molecule has 0 aliphatic carbocycles. The summed E-state index contributed by atoms with van der Waals surface area (Å²) in [5.41, 5.74) is 8.08. The van der Waals surface area contributed by atoms with Gasteiger partial charge in [-0.15, -0.1) is 0 Å². The summed E-state index contributed by atoms with van der Waals surface area (Å²) in [6, 6.07) is 18.0. The number of amides is 2. The first-order valence-electron chi connectivity index (χ1n) is 16.4. The quantitative estimate of drug-likeness (QED) is 0.136. The molecule has 2 aromatic carbocycles. The monoisotopic (exact) mass is 651 g/mol. The van der Waals surface area contributed by atoms with E-state index in [0.717, 1.165) is 57.6 Å². The number of nitrogens with zero attached hydrogens (tertiary/aromatic N) is 2. The second-order valence-corrected chi connectivity index (χ2v) is 12.4. The minimum atomic E-state index is -0.410. The fourth-order valence-electron chi connectivity index (χ4n) is 6.46. The zero-order valence-electron chi connectivity index (χ0n) is 27.6. The molecule has 2 amide bonds. The van der Waals surface area contributed by atoms with Crippen molar-refractivity contribution in [3.8, 4) is 28.3 Å². The molecule has 2 aromatic heterocycles. The number of benzene rings is 2. The van der Waals surface area contributed by atoms with Gasteiger partial charge in [0.1, 0.15) is 0 Å². The molecular formula is C37H42FN7O3. The molecule has 4 heterocycles. The Labute approximate surface area is 280 Å². The van der Waals surface area contributed by atoms with Gasteiger partial charge in [-0.3, -0.25) is 9.59 Å². The lowest BCUT2D eigenvalue weighted by molar-refractivity contribution is -0.120. The Hall–Kier alpha value is -4.87. The standard InChI is InChI=1S/C37H42FN7O3/c1-22-28(6-4-8-30(22)32-13-10-25(37(45-32)48-3)19-40-21-27-12-15-34(47)43-27)29-7-5-9-31(23(29)2)44-36-35(38)24(16-17-41-36)18-39-20-26-11-14-33(46)42-26/h4-10,13,16-17,26-27,39-40H,11-12,14-15,18-21H2,1-3H3,(H,41,44)(H,42,46)(H,43,47)/t26-,27-/m0/s1.